The number of hydrogen-bond donors (Lipinski definition) is 1. The molecular weight excluding hydrogens is 310 g/mol. The Bertz CT molecular complexity index is 835. The molecular formula is C13H12ClN5O3. The molecule has 3 rings (SSSR count). The summed E-state index contributed by atoms with van der Waals surface area (Å²) in [5.74, 6) is -0.144. The van der Waals surface area contributed by atoms with Crippen LogP contribution in [0.5, 0.6) is 5.88 Å². The molecule has 8 nitrogen and oxygen atoms in total. The minimum Gasteiger partial charge on any atom is -0.493 e. The van der Waals surface area contributed by atoms with Crippen LogP contribution < -0.4 is 0 Å². The maximum atomic E-state index is 10.9. The van der Waals surface area contributed by atoms with Crippen molar-refractivity contribution in [1.29, 1.82) is 0 Å². The van der Waals surface area contributed by atoms with Gasteiger partial charge in [-0.3, -0.25) is 15.1 Å². The Morgan fingerprint density at radius 1 is 1.41 bits per heavy atom. The van der Waals surface area contributed by atoms with Gasteiger partial charge in [-0.1, -0.05) is 6.07 Å². The lowest BCUT2D eigenvalue weighted by Crippen LogP contribution is -2.03. The summed E-state index contributed by atoms with van der Waals surface area (Å²) in [7, 11) is 0. The normalized spacial score (nSPS) is 10.4. The molecule has 22 heavy (non-hydrogen) atoms. The van der Waals surface area contributed by atoms with E-state index in [0.717, 1.165) is 16.3 Å². The Kier molecular flexibility index (Phi) is 4.22. The SMILES string of the molecule is Cc1nc2c([N+](=O)[O-])cnn2c(O)c1Cc1cccnc1.Cl. The van der Waals surface area contributed by atoms with Crippen molar-refractivity contribution in [3.05, 3.63) is 57.7 Å². The van der Waals surface area contributed by atoms with Crippen molar-refractivity contribution < 1.29 is 10.0 Å². The van der Waals surface area contributed by atoms with Crippen molar-refractivity contribution in [2.45, 2.75) is 13.3 Å². The van der Waals surface area contributed by atoms with E-state index in [2.05, 4.69) is 15.1 Å². The quantitative estimate of drug-likeness (QED) is 0.584. The maximum absolute atomic E-state index is 10.9. The largest absolute Gasteiger partial charge is 0.493 e. The lowest BCUT2D eigenvalue weighted by Gasteiger charge is -2.08. The number of pyridine rings is 1. The summed E-state index contributed by atoms with van der Waals surface area (Å²) >= 11 is 0. The second-order valence-electron chi connectivity index (χ2n) is 4.56. The molecule has 0 aliphatic heterocycles. The highest BCUT2D eigenvalue weighted by atomic mass is 35.5. The molecule has 0 bridgehead atoms. The first-order chi connectivity index (χ1) is 10.1. The van der Waals surface area contributed by atoms with E-state index >= 15 is 0 Å². The van der Waals surface area contributed by atoms with Gasteiger partial charge < -0.3 is 5.11 Å². The first-order valence-electron chi connectivity index (χ1n) is 6.17. The van der Waals surface area contributed by atoms with Crippen LogP contribution in [0.25, 0.3) is 5.65 Å². The van der Waals surface area contributed by atoms with Gasteiger partial charge in [0.1, 0.15) is 6.20 Å². The number of rotatable bonds is 3. The number of aromatic hydroxyl groups is 1. The number of halogens is 1. The van der Waals surface area contributed by atoms with E-state index in [0.29, 0.717) is 17.7 Å². The second kappa shape index (κ2) is 5.94. The molecule has 0 amide bonds. The van der Waals surface area contributed by atoms with Crippen LogP contribution in [0, 0.1) is 17.0 Å². The third kappa shape index (κ3) is 2.56. The number of aromatic nitrogens is 4. The van der Waals surface area contributed by atoms with Crippen LogP contribution in [0.15, 0.2) is 30.7 Å². The second-order valence-corrected chi connectivity index (χ2v) is 4.56. The minimum atomic E-state index is -0.574. The van der Waals surface area contributed by atoms with Gasteiger partial charge in [0.05, 0.1) is 4.92 Å². The third-order valence-corrected chi connectivity index (χ3v) is 3.21. The fourth-order valence-electron chi connectivity index (χ4n) is 2.15. The topological polar surface area (TPSA) is 106 Å². The van der Waals surface area contributed by atoms with Crippen LogP contribution >= 0.6 is 12.4 Å². The first-order valence-corrected chi connectivity index (χ1v) is 6.17. The van der Waals surface area contributed by atoms with E-state index in [1.54, 1.807) is 25.4 Å². The molecule has 0 aliphatic carbocycles. The molecule has 3 aromatic rings. The Labute approximate surface area is 131 Å². The molecule has 0 aliphatic rings. The van der Waals surface area contributed by atoms with Crippen molar-refractivity contribution in [2.75, 3.05) is 0 Å². The summed E-state index contributed by atoms with van der Waals surface area (Å²) < 4.78 is 1.08. The van der Waals surface area contributed by atoms with Gasteiger partial charge in [0.25, 0.3) is 0 Å². The van der Waals surface area contributed by atoms with E-state index in [9.17, 15) is 15.2 Å². The van der Waals surface area contributed by atoms with Crippen LogP contribution in [0.4, 0.5) is 5.69 Å². The van der Waals surface area contributed by atoms with Crippen LogP contribution in [-0.4, -0.2) is 29.6 Å². The number of hydrogen-bond acceptors (Lipinski definition) is 6. The standard InChI is InChI=1S/C13H11N5O3.ClH/c1-8-10(5-9-3-2-4-14-6-9)13(19)17-12(16-8)11(7-15-17)18(20)21;/h2-4,6-7,19H,5H2,1H3;1H. The zero-order valence-corrected chi connectivity index (χ0v) is 12.3. The first kappa shape index (κ1) is 15.6. The average molecular weight is 322 g/mol. The summed E-state index contributed by atoms with van der Waals surface area (Å²) in [4.78, 5) is 18.5. The molecule has 114 valence electrons. The Balaban J connectivity index is 0.00000176. The summed E-state index contributed by atoms with van der Waals surface area (Å²) in [6.45, 7) is 1.70. The highest BCUT2D eigenvalue weighted by molar-refractivity contribution is 5.85. The van der Waals surface area contributed by atoms with Gasteiger partial charge >= 0.3 is 5.69 Å². The van der Waals surface area contributed by atoms with Gasteiger partial charge in [-0.2, -0.15) is 9.61 Å². The van der Waals surface area contributed by atoms with Gasteiger partial charge in [-0.05, 0) is 18.6 Å². The fraction of sp³-hybridized carbons (Fsp3) is 0.154. The number of aryl methyl sites for hydroxylation is 1. The number of fused-ring (bicyclic) bond motifs is 1. The fourth-order valence-corrected chi connectivity index (χ4v) is 2.15. The minimum absolute atomic E-state index is 0. The molecule has 3 heterocycles. The van der Waals surface area contributed by atoms with Gasteiger partial charge in [0, 0.05) is 30.1 Å². The van der Waals surface area contributed by atoms with Crippen molar-refractivity contribution in [3.8, 4) is 5.88 Å². The van der Waals surface area contributed by atoms with Crippen LogP contribution in [0.2, 0.25) is 0 Å². The van der Waals surface area contributed by atoms with Gasteiger partial charge in [0.15, 0.2) is 0 Å². The van der Waals surface area contributed by atoms with Gasteiger partial charge in [-0.25, -0.2) is 4.98 Å². The van der Waals surface area contributed by atoms with Crippen LogP contribution in [0.3, 0.4) is 0 Å². The Hall–Kier alpha value is -2.74. The number of nitrogens with zero attached hydrogens (tertiary/aromatic N) is 5. The van der Waals surface area contributed by atoms with Crippen molar-refractivity contribution in [2.24, 2.45) is 0 Å². The summed E-state index contributed by atoms with van der Waals surface area (Å²) in [5.41, 5.74) is 1.78. The van der Waals surface area contributed by atoms with Crippen molar-refractivity contribution >= 4 is 23.7 Å². The van der Waals surface area contributed by atoms with Gasteiger partial charge in [0.2, 0.25) is 11.5 Å². The lowest BCUT2D eigenvalue weighted by atomic mass is 10.1. The average Bonchev–Trinajstić information content (AvgIpc) is 2.88. The number of nitro groups is 1. The highest BCUT2D eigenvalue weighted by Crippen LogP contribution is 2.27. The molecule has 0 aromatic carbocycles. The molecule has 0 spiro atoms. The molecule has 0 atom stereocenters. The summed E-state index contributed by atoms with van der Waals surface area (Å²) in [6, 6.07) is 3.67. The van der Waals surface area contributed by atoms with Crippen LogP contribution in [0.1, 0.15) is 16.8 Å². The maximum Gasteiger partial charge on any atom is 0.333 e. The van der Waals surface area contributed by atoms with Crippen molar-refractivity contribution in [1.82, 2.24) is 19.6 Å². The third-order valence-electron chi connectivity index (χ3n) is 3.21. The molecule has 0 fully saturated rings. The lowest BCUT2D eigenvalue weighted by molar-refractivity contribution is -0.383. The molecule has 0 radical (unpaired) electrons. The molecule has 1 N–H and O–H groups in total. The molecule has 0 unspecified atom stereocenters. The highest BCUT2D eigenvalue weighted by Gasteiger charge is 2.21. The smallest absolute Gasteiger partial charge is 0.333 e. The van der Waals surface area contributed by atoms with E-state index in [4.69, 9.17) is 0 Å². The molecule has 0 saturated carbocycles. The van der Waals surface area contributed by atoms with Crippen LogP contribution in [-0.2, 0) is 6.42 Å². The summed E-state index contributed by atoms with van der Waals surface area (Å²) in [6.07, 6.45) is 4.85. The van der Waals surface area contributed by atoms with E-state index < -0.39 is 4.92 Å². The van der Waals surface area contributed by atoms with Gasteiger partial charge in [-0.15, -0.1) is 12.4 Å². The predicted molar refractivity (Wildman–Crippen MR) is 80.3 cm³/mol. The van der Waals surface area contributed by atoms with Crippen molar-refractivity contribution in [3.63, 3.8) is 0 Å². The molecule has 9 heteroatoms. The van der Waals surface area contributed by atoms with E-state index in [1.807, 2.05) is 6.07 Å². The zero-order valence-electron chi connectivity index (χ0n) is 11.5. The molecule has 0 saturated heterocycles. The van der Waals surface area contributed by atoms with E-state index in [1.165, 1.54) is 0 Å². The predicted octanol–water partition coefficient (Wildman–Crippen LogP) is 2.06. The Morgan fingerprint density at radius 3 is 2.82 bits per heavy atom. The Morgan fingerprint density at radius 2 is 2.18 bits per heavy atom. The monoisotopic (exact) mass is 321 g/mol. The summed E-state index contributed by atoms with van der Waals surface area (Å²) in [5, 5.41) is 25.0. The van der Waals surface area contributed by atoms with E-state index in [-0.39, 0.29) is 29.6 Å². The zero-order chi connectivity index (χ0) is 15.0. The molecule has 3 aromatic heterocycles.